The molecule has 11 heavy (non-hydrogen) atoms. The van der Waals surface area contributed by atoms with Crippen LogP contribution in [0, 0.1) is 0 Å². The van der Waals surface area contributed by atoms with Gasteiger partial charge in [-0.2, -0.15) is 0 Å². The molecule has 2 heterocycles. The van der Waals surface area contributed by atoms with E-state index in [-0.39, 0.29) is 5.60 Å². The topological polar surface area (TPSA) is 25.7 Å². The molecule has 1 aromatic rings. The second-order valence-corrected chi connectivity index (χ2v) is 3.39. The van der Waals surface area contributed by atoms with Crippen LogP contribution in [0.2, 0.25) is 0 Å². The molecule has 0 amide bonds. The normalized spacial score (nSPS) is 33.8. The highest BCUT2D eigenvalue weighted by Crippen LogP contribution is 2.48. The molecule has 1 aliphatic heterocycles. The summed E-state index contributed by atoms with van der Waals surface area (Å²) in [7, 11) is 0. The van der Waals surface area contributed by atoms with Gasteiger partial charge < -0.3 is 9.15 Å². The maximum absolute atomic E-state index is 5.46. The van der Waals surface area contributed by atoms with Crippen LogP contribution in [0.5, 0.6) is 0 Å². The van der Waals surface area contributed by atoms with E-state index in [4.69, 9.17) is 9.15 Å². The fourth-order valence-corrected chi connectivity index (χ4v) is 2.00. The van der Waals surface area contributed by atoms with Crippen LogP contribution in [0.4, 0.5) is 0 Å². The lowest BCUT2D eigenvalue weighted by molar-refractivity contribution is 0.268. The Bertz CT molecular complexity index is 284. The smallest absolute Gasteiger partial charge is 0.120 e. The Balaban J connectivity index is 2.16. The Hall–Kier alpha value is -0.760. The first-order chi connectivity index (χ1) is 5.41. The first kappa shape index (κ1) is 5.84. The lowest BCUT2D eigenvalue weighted by atomic mass is 9.88. The van der Waals surface area contributed by atoms with Crippen molar-refractivity contribution in [1.29, 1.82) is 0 Å². The summed E-state index contributed by atoms with van der Waals surface area (Å²) in [6.45, 7) is 0.902. The Morgan fingerprint density at radius 2 is 2.36 bits per heavy atom. The number of hydrogen-bond acceptors (Lipinski definition) is 2. The van der Waals surface area contributed by atoms with Crippen LogP contribution < -0.4 is 0 Å². The van der Waals surface area contributed by atoms with E-state index in [1.807, 2.05) is 0 Å². The van der Waals surface area contributed by atoms with Crippen LogP contribution >= 0.6 is 0 Å². The maximum Gasteiger partial charge on any atom is 0.120 e. The molecule has 0 N–H and O–H groups in total. The van der Waals surface area contributed by atoms with Crippen LogP contribution in [0.25, 0.3) is 0 Å². The molecule has 0 aromatic carbocycles. The Morgan fingerprint density at radius 3 is 3.18 bits per heavy atom. The number of hydrogen-bond donors (Lipinski definition) is 0. The third-order valence-corrected chi connectivity index (χ3v) is 2.71. The molecule has 2 aliphatic rings. The summed E-state index contributed by atoms with van der Waals surface area (Å²) in [5.41, 5.74) is 1.41. The van der Waals surface area contributed by atoms with Crippen LogP contribution in [0.1, 0.15) is 24.2 Å². The predicted octanol–water partition coefficient (Wildman–Crippen LogP) is 1.84. The number of aryl methyl sites for hydroxylation is 1. The SMILES string of the molecule is c1cc2c(o1)CCCC21CO1. The summed E-state index contributed by atoms with van der Waals surface area (Å²) >= 11 is 0. The van der Waals surface area contributed by atoms with E-state index in [0.29, 0.717) is 0 Å². The number of furan rings is 1. The lowest BCUT2D eigenvalue weighted by Crippen LogP contribution is -2.15. The monoisotopic (exact) mass is 150 g/mol. The molecule has 0 saturated carbocycles. The van der Waals surface area contributed by atoms with Gasteiger partial charge in [0.1, 0.15) is 11.4 Å². The van der Waals surface area contributed by atoms with Gasteiger partial charge in [0.05, 0.1) is 12.9 Å². The van der Waals surface area contributed by atoms with Crippen molar-refractivity contribution in [2.45, 2.75) is 24.9 Å². The number of ether oxygens (including phenoxy) is 1. The summed E-state index contributed by atoms with van der Waals surface area (Å²) in [5, 5.41) is 0. The van der Waals surface area contributed by atoms with Crippen molar-refractivity contribution in [3.05, 3.63) is 23.7 Å². The molecule has 1 atom stereocenters. The van der Waals surface area contributed by atoms with Gasteiger partial charge in [-0.1, -0.05) is 0 Å². The molecule has 1 aliphatic carbocycles. The highest BCUT2D eigenvalue weighted by Gasteiger charge is 2.50. The second-order valence-electron chi connectivity index (χ2n) is 3.39. The number of rotatable bonds is 0. The molecule has 0 radical (unpaired) electrons. The molecule has 3 rings (SSSR count). The van der Waals surface area contributed by atoms with Gasteiger partial charge in [-0.3, -0.25) is 0 Å². The van der Waals surface area contributed by atoms with Crippen molar-refractivity contribution in [3.63, 3.8) is 0 Å². The van der Waals surface area contributed by atoms with E-state index < -0.39 is 0 Å². The van der Waals surface area contributed by atoms with E-state index in [1.54, 1.807) is 6.26 Å². The van der Waals surface area contributed by atoms with Gasteiger partial charge in [0, 0.05) is 12.0 Å². The van der Waals surface area contributed by atoms with E-state index in [2.05, 4.69) is 6.07 Å². The number of fused-ring (bicyclic) bond motifs is 2. The molecule has 58 valence electrons. The van der Waals surface area contributed by atoms with E-state index in [0.717, 1.165) is 18.8 Å². The minimum atomic E-state index is 0.0978. The molecule has 1 spiro atoms. The molecular formula is C9H10O2. The van der Waals surface area contributed by atoms with Gasteiger partial charge in [0.2, 0.25) is 0 Å². The molecule has 1 fully saturated rings. The molecule has 2 heteroatoms. The van der Waals surface area contributed by atoms with Crippen molar-refractivity contribution in [2.75, 3.05) is 6.61 Å². The van der Waals surface area contributed by atoms with Crippen molar-refractivity contribution >= 4 is 0 Å². The van der Waals surface area contributed by atoms with Crippen molar-refractivity contribution in [1.82, 2.24) is 0 Å². The van der Waals surface area contributed by atoms with E-state index in [1.165, 1.54) is 18.4 Å². The molecule has 1 aromatic heterocycles. The van der Waals surface area contributed by atoms with Gasteiger partial charge in [-0.15, -0.1) is 0 Å². The average molecular weight is 150 g/mol. The van der Waals surface area contributed by atoms with Crippen molar-refractivity contribution in [3.8, 4) is 0 Å². The first-order valence-electron chi connectivity index (χ1n) is 4.12. The maximum atomic E-state index is 5.46. The summed E-state index contributed by atoms with van der Waals surface area (Å²) < 4.78 is 10.8. The zero-order valence-electron chi connectivity index (χ0n) is 6.30. The summed E-state index contributed by atoms with van der Waals surface area (Å²) in [4.78, 5) is 0. The third kappa shape index (κ3) is 0.653. The van der Waals surface area contributed by atoms with E-state index in [9.17, 15) is 0 Å². The number of epoxide rings is 1. The van der Waals surface area contributed by atoms with Crippen LogP contribution in [0.15, 0.2) is 16.7 Å². The lowest BCUT2D eigenvalue weighted by Gasteiger charge is -2.16. The highest BCUT2D eigenvalue weighted by molar-refractivity contribution is 5.31. The van der Waals surface area contributed by atoms with Crippen LogP contribution in [0.3, 0.4) is 0 Å². The van der Waals surface area contributed by atoms with Crippen molar-refractivity contribution in [2.24, 2.45) is 0 Å². The van der Waals surface area contributed by atoms with Crippen LogP contribution in [-0.2, 0) is 16.8 Å². The average Bonchev–Trinajstić information content (AvgIpc) is 2.63. The molecule has 1 unspecified atom stereocenters. The zero-order chi connectivity index (χ0) is 7.31. The quantitative estimate of drug-likeness (QED) is 0.527. The minimum absolute atomic E-state index is 0.0978. The molecule has 2 nitrogen and oxygen atoms in total. The first-order valence-corrected chi connectivity index (χ1v) is 4.12. The summed E-state index contributed by atoms with van der Waals surface area (Å²) in [6.07, 6.45) is 5.26. The second kappa shape index (κ2) is 1.69. The summed E-state index contributed by atoms with van der Waals surface area (Å²) in [5.74, 6) is 1.15. The highest BCUT2D eigenvalue weighted by atomic mass is 16.6. The van der Waals surface area contributed by atoms with Gasteiger partial charge in [-0.25, -0.2) is 0 Å². The Morgan fingerprint density at radius 1 is 1.45 bits per heavy atom. The molecular weight excluding hydrogens is 140 g/mol. The van der Waals surface area contributed by atoms with Crippen LogP contribution in [-0.4, -0.2) is 6.61 Å². The fourth-order valence-electron chi connectivity index (χ4n) is 2.00. The van der Waals surface area contributed by atoms with Gasteiger partial charge in [0.15, 0.2) is 0 Å². The standard InChI is InChI=1S/C9H10O2/c1-2-8-7(3-5-10-8)9(4-1)6-11-9/h3,5H,1-2,4,6H2. The molecule has 1 saturated heterocycles. The molecule has 0 bridgehead atoms. The van der Waals surface area contributed by atoms with Gasteiger partial charge in [-0.05, 0) is 18.9 Å². The largest absolute Gasteiger partial charge is 0.469 e. The Kier molecular flexibility index (Phi) is 0.899. The predicted molar refractivity (Wildman–Crippen MR) is 39.3 cm³/mol. The fraction of sp³-hybridized carbons (Fsp3) is 0.556. The summed E-state index contributed by atoms with van der Waals surface area (Å²) in [6, 6.07) is 2.06. The zero-order valence-corrected chi connectivity index (χ0v) is 6.30. The van der Waals surface area contributed by atoms with Gasteiger partial charge >= 0.3 is 0 Å². The third-order valence-electron chi connectivity index (χ3n) is 2.71. The van der Waals surface area contributed by atoms with E-state index >= 15 is 0 Å². The van der Waals surface area contributed by atoms with Crippen molar-refractivity contribution < 1.29 is 9.15 Å². The van der Waals surface area contributed by atoms with Gasteiger partial charge in [0.25, 0.3) is 0 Å². The minimum Gasteiger partial charge on any atom is -0.469 e. The Labute approximate surface area is 65.2 Å².